The molecule has 0 fully saturated rings. The van der Waals surface area contributed by atoms with E-state index in [4.69, 9.17) is 4.74 Å². The summed E-state index contributed by atoms with van der Waals surface area (Å²) in [6, 6.07) is 14.5. The second kappa shape index (κ2) is 7.88. The molecule has 22 heavy (non-hydrogen) atoms. The molecule has 0 saturated carbocycles. The van der Waals surface area contributed by atoms with Crippen LogP contribution in [0, 0.1) is 0 Å². The van der Waals surface area contributed by atoms with Crippen molar-refractivity contribution in [1.29, 1.82) is 0 Å². The van der Waals surface area contributed by atoms with Crippen molar-refractivity contribution in [3.8, 4) is 11.5 Å². The number of hydrogen-bond acceptors (Lipinski definition) is 3. The third kappa shape index (κ3) is 4.98. The van der Waals surface area contributed by atoms with Gasteiger partial charge in [-0.25, -0.2) is 0 Å². The molecule has 0 heterocycles. The van der Waals surface area contributed by atoms with E-state index in [1.807, 2.05) is 30.3 Å². The van der Waals surface area contributed by atoms with Gasteiger partial charge in [-0.1, -0.05) is 24.3 Å². The number of aromatic hydroxyl groups is 1. The molecule has 2 aromatic carbocycles. The van der Waals surface area contributed by atoms with Crippen LogP contribution in [0.25, 0.3) is 6.08 Å². The lowest BCUT2D eigenvalue weighted by Gasteiger charge is -2.04. The SMILES string of the molecule is COc1ccc(CCNC(=O)/C=C/c2cccc(O)c2)cc1. The van der Waals surface area contributed by atoms with Gasteiger partial charge >= 0.3 is 0 Å². The molecule has 0 unspecified atom stereocenters. The van der Waals surface area contributed by atoms with E-state index in [2.05, 4.69) is 5.32 Å². The van der Waals surface area contributed by atoms with E-state index in [9.17, 15) is 9.90 Å². The normalized spacial score (nSPS) is 10.6. The maximum atomic E-state index is 11.7. The van der Waals surface area contributed by atoms with Crippen LogP contribution in [0.1, 0.15) is 11.1 Å². The second-order valence-corrected chi connectivity index (χ2v) is 4.82. The van der Waals surface area contributed by atoms with Crippen molar-refractivity contribution in [2.45, 2.75) is 6.42 Å². The number of nitrogens with one attached hydrogen (secondary N) is 1. The zero-order valence-electron chi connectivity index (χ0n) is 12.5. The van der Waals surface area contributed by atoms with Crippen LogP contribution in [-0.4, -0.2) is 24.7 Å². The summed E-state index contributed by atoms with van der Waals surface area (Å²) in [7, 11) is 1.63. The lowest BCUT2D eigenvalue weighted by Crippen LogP contribution is -2.23. The number of phenolic OH excluding ortho intramolecular Hbond substituents is 1. The molecular weight excluding hydrogens is 278 g/mol. The predicted octanol–water partition coefficient (Wildman–Crippen LogP) is 2.77. The molecule has 0 spiro atoms. The van der Waals surface area contributed by atoms with Gasteiger partial charge in [0.1, 0.15) is 11.5 Å². The summed E-state index contributed by atoms with van der Waals surface area (Å²) in [6.07, 6.45) is 3.89. The fraction of sp³-hybridized carbons (Fsp3) is 0.167. The molecule has 0 radical (unpaired) electrons. The topological polar surface area (TPSA) is 58.6 Å². The average Bonchev–Trinajstić information content (AvgIpc) is 2.54. The van der Waals surface area contributed by atoms with Crippen molar-refractivity contribution in [1.82, 2.24) is 5.32 Å². The third-order valence-electron chi connectivity index (χ3n) is 3.17. The van der Waals surface area contributed by atoms with Crippen molar-refractivity contribution in [2.24, 2.45) is 0 Å². The van der Waals surface area contributed by atoms with Gasteiger partial charge in [-0.2, -0.15) is 0 Å². The van der Waals surface area contributed by atoms with Gasteiger partial charge in [-0.15, -0.1) is 0 Å². The molecule has 0 atom stereocenters. The van der Waals surface area contributed by atoms with E-state index in [0.29, 0.717) is 6.54 Å². The van der Waals surface area contributed by atoms with Crippen molar-refractivity contribution in [3.63, 3.8) is 0 Å². The molecule has 1 amide bonds. The van der Waals surface area contributed by atoms with Gasteiger partial charge in [0.05, 0.1) is 7.11 Å². The number of ether oxygens (including phenoxy) is 1. The van der Waals surface area contributed by atoms with Gasteiger partial charge in [0, 0.05) is 12.6 Å². The molecule has 2 N–H and O–H groups in total. The molecule has 4 nitrogen and oxygen atoms in total. The van der Waals surface area contributed by atoms with E-state index < -0.39 is 0 Å². The molecule has 0 aliphatic rings. The summed E-state index contributed by atoms with van der Waals surface area (Å²) in [6.45, 7) is 0.565. The maximum Gasteiger partial charge on any atom is 0.244 e. The zero-order chi connectivity index (χ0) is 15.8. The Kier molecular flexibility index (Phi) is 5.60. The molecule has 0 bridgehead atoms. The lowest BCUT2D eigenvalue weighted by atomic mass is 10.1. The van der Waals surface area contributed by atoms with Gasteiger partial charge < -0.3 is 15.2 Å². The summed E-state index contributed by atoms with van der Waals surface area (Å²) >= 11 is 0. The zero-order valence-corrected chi connectivity index (χ0v) is 12.5. The van der Waals surface area contributed by atoms with Gasteiger partial charge in [0.15, 0.2) is 0 Å². The van der Waals surface area contributed by atoms with Crippen molar-refractivity contribution >= 4 is 12.0 Å². The Morgan fingerprint density at radius 3 is 2.68 bits per heavy atom. The first kappa shape index (κ1) is 15.6. The number of benzene rings is 2. The minimum atomic E-state index is -0.156. The number of amides is 1. The van der Waals surface area contributed by atoms with Gasteiger partial charge in [0.25, 0.3) is 0 Å². The number of carbonyl (C=O) groups excluding carboxylic acids is 1. The first-order valence-electron chi connectivity index (χ1n) is 7.05. The molecular formula is C18H19NO3. The highest BCUT2D eigenvalue weighted by Crippen LogP contribution is 2.12. The van der Waals surface area contributed by atoms with Crippen molar-refractivity contribution in [3.05, 3.63) is 65.7 Å². The van der Waals surface area contributed by atoms with Crippen LogP contribution in [0.4, 0.5) is 0 Å². The third-order valence-corrected chi connectivity index (χ3v) is 3.17. The maximum absolute atomic E-state index is 11.7. The molecule has 0 aromatic heterocycles. The number of methoxy groups -OCH3 is 1. The summed E-state index contributed by atoms with van der Waals surface area (Å²) < 4.78 is 5.10. The Balaban J connectivity index is 1.77. The summed E-state index contributed by atoms with van der Waals surface area (Å²) in [5.41, 5.74) is 1.92. The Hall–Kier alpha value is -2.75. The summed E-state index contributed by atoms with van der Waals surface area (Å²) in [5, 5.41) is 12.2. The Labute approximate surface area is 130 Å². The quantitative estimate of drug-likeness (QED) is 0.806. The fourth-order valence-corrected chi connectivity index (χ4v) is 1.98. The first-order valence-corrected chi connectivity index (χ1v) is 7.05. The van der Waals surface area contributed by atoms with Crippen molar-refractivity contribution in [2.75, 3.05) is 13.7 Å². The van der Waals surface area contributed by atoms with Gasteiger partial charge in [-0.05, 0) is 47.9 Å². The minimum Gasteiger partial charge on any atom is -0.508 e. The fourth-order valence-electron chi connectivity index (χ4n) is 1.98. The van der Waals surface area contributed by atoms with Crippen LogP contribution >= 0.6 is 0 Å². The van der Waals surface area contributed by atoms with E-state index in [-0.39, 0.29) is 11.7 Å². The number of rotatable bonds is 6. The Bertz CT molecular complexity index is 648. The number of hydrogen-bond donors (Lipinski definition) is 2. The highest BCUT2D eigenvalue weighted by Gasteiger charge is 1.98. The van der Waals surface area contributed by atoms with E-state index >= 15 is 0 Å². The predicted molar refractivity (Wildman–Crippen MR) is 86.8 cm³/mol. The van der Waals surface area contributed by atoms with Crippen LogP contribution in [0.3, 0.4) is 0 Å². The molecule has 0 aliphatic heterocycles. The highest BCUT2D eigenvalue weighted by atomic mass is 16.5. The number of phenols is 1. The second-order valence-electron chi connectivity index (χ2n) is 4.82. The van der Waals surface area contributed by atoms with E-state index in [1.54, 1.807) is 31.4 Å². The lowest BCUT2D eigenvalue weighted by molar-refractivity contribution is -0.116. The minimum absolute atomic E-state index is 0.156. The smallest absolute Gasteiger partial charge is 0.244 e. The van der Waals surface area contributed by atoms with Crippen LogP contribution in [0.2, 0.25) is 0 Å². The van der Waals surface area contributed by atoms with E-state index in [1.165, 1.54) is 6.08 Å². The average molecular weight is 297 g/mol. The van der Waals surface area contributed by atoms with Gasteiger partial charge in [-0.3, -0.25) is 4.79 Å². The molecule has 0 aliphatic carbocycles. The molecule has 114 valence electrons. The summed E-state index contributed by atoms with van der Waals surface area (Å²) in [4.78, 5) is 11.7. The molecule has 4 heteroatoms. The van der Waals surface area contributed by atoms with Gasteiger partial charge in [0.2, 0.25) is 5.91 Å². The first-order chi connectivity index (χ1) is 10.7. The van der Waals surface area contributed by atoms with Crippen molar-refractivity contribution < 1.29 is 14.6 Å². The van der Waals surface area contributed by atoms with Crippen LogP contribution in [0.15, 0.2) is 54.6 Å². The Morgan fingerprint density at radius 2 is 2.00 bits per heavy atom. The molecule has 2 rings (SSSR count). The molecule has 0 saturated heterocycles. The van der Waals surface area contributed by atoms with Crippen LogP contribution < -0.4 is 10.1 Å². The Morgan fingerprint density at radius 1 is 1.23 bits per heavy atom. The standard InChI is InChI=1S/C18H19NO3/c1-22-17-8-5-14(6-9-17)11-12-19-18(21)10-7-15-3-2-4-16(20)13-15/h2-10,13,20H,11-12H2,1H3,(H,19,21)/b10-7+. The van der Waals surface area contributed by atoms with E-state index in [0.717, 1.165) is 23.3 Å². The van der Waals surface area contributed by atoms with Crippen LogP contribution in [-0.2, 0) is 11.2 Å². The molecule has 2 aromatic rings. The largest absolute Gasteiger partial charge is 0.508 e. The van der Waals surface area contributed by atoms with Crippen LogP contribution in [0.5, 0.6) is 11.5 Å². The highest BCUT2D eigenvalue weighted by molar-refractivity contribution is 5.91. The monoisotopic (exact) mass is 297 g/mol. The summed E-state index contributed by atoms with van der Waals surface area (Å²) in [5.74, 6) is 0.848. The number of carbonyl (C=O) groups is 1.